The Hall–Kier alpha value is -4.58. The van der Waals surface area contributed by atoms with Gasteiger partial charge in [0.25, 0.3) is 11.4 Å². The molecular weight excluding hydrogens is 737 g/mol. The third-order valence-electron chi connectivity index (χ3n) is 10.4. The van der Waals surface area contributed by atoms with Crippen LogP contribution in [0.15, 0.2) is 97.1 Å². The Morgan fingerprint density at radius 1 is 0.544 bits per heavy atom. The molecule has 4 aromatic carbocycles. The molecule has 0 amide bonds. The highest BCUT2D eigenvalue weighted by molar-refractivity contribution is 6.74. The van der Waals surface area contributed by atoms with E-state index in [9.17, 15) is 20.2 Å². The number of nitro groups is 2. The Balaban J connectivity index is 0.000000315. The zero-order valence-corrected chi connectivity index (χ0v) is 35.8. The zero-order valence-electron chi connectivity index (χ0n) is 34.8. The van der Waals surface area contributed by atoms with Gasteiger partial charge in [0.05, 0.1) is 46.3 Å². The van der Waals surface area contributed by atoms with Crippen molar-refractivity contribution in [2.75, 3.05) is 26.4 Å². The quantitative estimate of drug-likeness (QED) is 0.0320. The average molecular weight is 801 g/mol. The molecular formula is C46H64N2O8Si. The first-order chi connectivity index (χ1) is 27.3. The largest absolute Gasteiger partial charge is 0.493 e. The van der Waals surface area contributed by atoms with Gasteiger partial charge < -0.3 is 19.0 Å². The SMILES string of the molecule is CC(C)(C)[Si](C)(C)OCCCCCCCCOc1ccc(-c2ccccc2)c([N+](=O)[O-])c1.O=[N+]([O-])c1cc(OCCCCCCCCO)ccc1-c1ccccc1. The third kappa shape index (κ3) is 16.8. The van der Waals surface area contributed by atoms with E-state index >= 15 is 0 Å². The summed E-state index contributed by atoms with van der Waals surface area (Å²) in [7, 11) is -1.62. The van der Waals surface area contributed by atoms with Crippen LogP contribution in [0.1, 0.15) is 97.8 Å². The van der Waals surface area contributed by atoms with Crippen molar-refractivity contribution >= 4 is 19.7 Å². The molecule has 0 radical (unpaired) electrons. The molecule has 0 saturated carbocycles. The fraction of sp³-hybridized carbons (Fsp3) is 0.478. The third-order valence-corrected chi connectivity index (χ3v) is 14.9. The molecule has 4 aromatic rings. The second-order valence-electron chi connectivity index (χ2n) is 15.9. The molecule has 0 aliphatic carbocycles. The van der Waals surface area contributed by atoms with Gasteiger partial charge in [0.2, 0.25) is 0 Å². The average Bonchev–Trinajstić information content (AvgIpc) is 3.20. The lowest BCUT2D eigenvalue weighted by Gasteiger charge is -2.36. The van der Waals surface area contributed by atoms with Crippen molar-refractivity contribution in [2.45, 2.75) is 116 Å². The summed E-state index contributed by atoms with van der Waals surface area (Å²) < 4.78 is 17.7. The number of hydrogen-bond donors (Lipinski definition) is 1. The van der Waals surface area contributed by atoms with Gasteiger partial charge in [-0.1, -0.05) is 133 Å². The Kier molecular flexibility index (Phi) is 20.5. The van der Waals surface area contributed by atoms with Crippen molar-refractivity contribution in [1.29, 1.82) is 0 Å². The van der Waals surface area contributed by atoms with Gasteiger partial charge in [-0.25, -0.2) is 0 Å². The van der Waals surface area contributed by atoms with Gasteiger partial charge in [-0.05, 0) is 79.2 Å². The second-order valence-corrected chi connectivity index (χ2v) is 20.7. The Bertz CT molecular complexity index is 1760. The van der Waals surface area contributed by atoms with E-state index in [-0.39, 0.29) is 32.9 Å². The molecule has 0 bridgehead atoms. The lowest BCUT2D eigenvalue weighted by atomic mass is 10.0. The van der Waals surface area contributed by atoms with Crippen molar-refractivity contribution in [1.82, 2.24) is 0 Å². The standard InChI is InChI=1S/C26H39NO4Si.C20H25NO4/c1-26(2,3)32(4,5)31-20-14-9-7-6-8-13-19-30-23-17-18-24(25(21-23)27(28)29)22-15-11-10-12-16-22;22-14-8-3-1-2-4-9-15-25-18-12-13-19(20(16-18)21(23)24)17-10-6-5-7-11-17/h10-12,15-18,21H,6-9,13-14,19-20H2,1-5H3;5-7,10-13,16,22H,1-4,8-9,14-15H2. The van der Waals surface area contributed by atoms with Crippen LogP contribution < -0.4 is 9.47 Å². The summed E-state index contributed by atoms with van der Waals surface area (Å²) in [6.45, 7) is 13.7. The van der Waals surface area contributed by atoms with Crippen LogP contribution in [0, 0.1) is 20.2 Å². The van der Waals surface area contributed by atoms with Crippen LogP contribution in [0.2, 0.25) is 18.1 Å². The molecule has 0 aliphatic heterocycles. The Morgan fingerprint density at radius 3 is 1.28 bits per heavy atom. The molecule has 4 rings (SSSR count). The molecule has 0 spiro atoms. The highest BCUT2D eigenvalue weighted by atomic mass is 28.4. The number of aliphatic hydroxyl groups is 1. The molecule has 10 nitrogen and oxygen atoms in total. The van der Waals surface area contributed by atoms with Crippen LogP contribution in [-0.2, 0) is 4.43 Å². The zero-order chi connectivity index (χ0) is 41.5. The second kappa shape index (κ2) is 24.9. The minimum atomic E-state index is -1.62. The number of rotatable bonds is 24. The molecule has 0 saturated heterocycles. The number of aliphatic hydroxyl groups excluding tert-OH is 1. The van der Waals surface area contributed by atoms with Gasteiger partial charge >= 0.3 is 0 Å². The fourth-order valence-electron chi connectivity index (χ4n) is 5.98. The van der Waals surface area contributed by atoms with Crippen molar-refractivity contribution in [2.24, 2.45) is 0 Å². The molecule has 0 aromatic heterocycles. The first-order valence-corrected chi connectivity index (χ1v) is 23.4. The maximum atomic E-state index is 11.5. The molecule has 0 atom stereocenters. The van der Waals surface area contributed by atoms with Crippen LogP contribution in [0.3, 0.4) is 0 Å². The molecule has 0 heterocycles. The van der Waals surface area contributed by atoms with Crippen LogP contribution >= 0.6 is 0 Å². The smallest absolute Gasteiger partial charge is 0.280 e. The molecule has 11 heteroatoms. The summed E-state index contributed by atoms with van der Waals surface area (Å²) in [5.74, 6) is 1.09. The highest BCUT2D eigenvalue weighted by Crippen LogP contribution is 2.37. The van der Waals surface area contributed by atoms with Crippen molar-refractivity contribution in [3.63, 3.8) is 0 Å². The molecule has 57 heavy (non-hydrogen) atoms. The van der Waals surface area contributed by atoms with Gasteiger partial charge in [-0.15, -0.1) is 0 Å². The first kappa shape index (κ1) is 46.8. The predicted molar refractivity (Wildman–Crippen MR) is 234 cm³/mol. The minimum Gasteiger partial charge on any atom is -0.493 e. The fourth-order valence-corrected chi connectivity index (χ4v) is 7.07. The topological polar surface area (TPSA) is 134 Å². The van der Waals surface area contributed by atoms with Crippen molar-refractivity contribution in [3.05, 3.63) is 117 Å². The normalized spacial score (nSPS) is 11.4. The lowest BCUT2D eigenvalue weighted by molar-refractivity contribution is -0.384. The number of benzene rings is 4. The minimum absolute atomic E-state index is 0.0627. The highest BCUT2D eigenvalue weighted by Gasteiger charge is 2.36. The van der Waals surface area contributed by atoms with E-state index in [1.54, 1.807) is 18.2 Å². The lowest BCUT2D eigenvalue weighted by Crippen LogP contribution is -2.40. The van der Waals surface area contributed by atoms with E-state index in [2.05, 4.69) is 33.9 Å². The summed E-state index contributed by atoms with van der Waals surface area (Å²) >= 11 is 0. The molecule has 310 valence electrons. The monoisotopic (exact) mass is 800 g/mol. The van der Waals surface area contributed by atoms with Crippen LogP contribution in [0.25, 0.3) is 22.3 Å². The van der Waals surface area contributed by atoms with E-state index in [4.69, 9.17) is 19.0 Å². The number of nitro benzene ring substituents is 2. The molecule has 0 unspecified atom stereocenters. The van der Waals surface area contributed by atoms with Crippen LogP contribution in [-0.4, -0.2) is 49.7 Å². The summed E-state index contributed by atoms with van der Waals surface area (Å²) in [5.41, 5.74) is 3.01. The van der Waals surface area contributed by atoms with Crippen molar-refractivity contribution < 1.29 is 28.9 Å². The van der Waals surface area contributed by atoms with Gasteiger partial charge in [-0.3, -0.25) is 20.2 Å². The summed E-state index contributed by atoms with van der Waals surface area (Å²) in [4.78, 5) is 22.2. The van der Waals surface area contributed by atoms with Gasteiger partial charge in [0, 0.05) is 13.2 Å². The number of ether oxygens (including phenoxy) is 2. The number of unbranched alkanes of at least 4 members (excludes halogenated alkanes) is 10. The number of nitrogens with zero attached hydrogens (tertiary/aromatic N) is 2. The number of hydrogen-bond acceptors (Lipinski definition) is 8. The van der Waals surface area contributed by atoms with Gasteiger partial charge in [0.15, 0.2) is 8.32 Å². The van der Waals surface area contributed by atoms with E-state index in [0.717, 1.165) is 75.5 Å². The first-order valence-electron chi connectivity index (χ1n) is 20.5. The Labute approximate surface area is 341 Å². The van der Waals surface area contributed by atoms with Gasteiger partial charge in [0.1, 0.15) is 11.5 Å². The van der Waals surface area contributed by atoms with E-state index < -0.39 is 8.32 Å². The van der Waals surface area contributed by atoms with E-state index in [1.807, 2.05) is 66.7 Å². The van der Waals surface area contributed by atoms with Crippen LogP contribution in [0.5, 0.6) is 11.5 Å². The summed E-state index contributed by atoms with van der Waals surface area (Å²) in [5, 5.41) is 31.9. The van der Waals surface area contributed by atoms with Crippen LogP contribution in [0.4, 0.5) is 11.4 Å². The summed E-state index contributed by atoms with van der Waals surface area (Å²) in [6, 6.07) is 28.9. The molecule has 0 fully saturated rings. The summed E-state index contributed by atoms with van der Waals surface area (Å²) in [6.07, 6.45) is 12.9. The maximum Gasteiger partial charge on any atom is 0.280 e. The molecule has 1 N–H and O–H groups in total. The van der Waals surface area contributed by atoms with Gasteiger partial charge in [-0.2, -0.15) is 0 Å². The van der Waals surface area contributed by atoms with Crippen molar-refractivity contribution in [3.8, 4) is 33.8 Å². The Morgan fingerprint density at radius 2 is 0.912 bits per heavy atom. The predicted octanol–water partition coefficient (Wildman–Crippen LogP) is 13.0. The maximum absolute atomic E-state index is 11.5. The van der Waals surface area contributed by atoms with E-state index in [0.29, 0.717) is 35.8 Å². The van der Waals surface area contributed by atoms with E-state index in [1.165, 1.54) is 31.4 Å². The molecule has 0 aliphatic rings.